The van der Waals surface area contributed by atoms with Crippen molar-refractivity contribution in [3.05, 3.63) is 53.3 Å². The fourth-order valence-electron chi connectivity index (χ4n) is 4.06. The molecule has 1 aromatic heterocycles. The van der Waals surface area contributed by atoms with Gasteiger partial charge >= 0.3 is 0 Å². The number of hydrogen-bond acceptors (Lipinski definition) is 4. The minimum absolute atomic E-state index is 0.0163. The summed E-state index contributed by atoms with van der Waals surface area (Å²) in [4.78, 5) is 14.7. The molecule has 6 heteroatoms. The van der Waals surface area contributed by atoms with Crippen molar-refractivity contribution in [2.75, 3.05) is 26.7 Å². The van der Waals surface area contributed by atoms with Crippen LogP contribution in [-0.4, -0.2) is 53.4 Å². The summed E-state index contributed by atoms with van der Waals surface area (Å²) in [6, 6.07) is 10.3. The van der Waals surface area contributed by atoms with Crippen molar-refractivity contribution < 1.29 is 9.53 Å². The standard InChI is InChI=1S/C21H28N4O2/c1-24-11-6-5-9-18(24)21(26)22-13-19-20-17(10-12-27-19)15-25(23-20)14-16-7-3-2-4-8-16/h2-4,7-8,15,18-19H,5-6,9-14H2,1H3,(H,22,26)/t18-,19+/m0/s1. The SMILES string of the molecule is CN1CCCC[C@H]1C(=O)NC[C@H]1OCCc2cn(Cc3ccccc3)nc21. The maximum Gasteiger partial charge on any atom is 0.237 e. The Morgan fingerprint density at radius 3 is 2.96 bits per heavy atom. The lowest BCUT2D eigenvalue weighted by molar-refractivity contribution is -0.127. The number of benzene rings is 1. The summed E-state index contributed by atoms with van der Waals surface area (Å²) in [7, 11) is 2.03. The molecule has 2 atom stereocenters. The molecule has 2 aliphatic rings. The molecule has 1 aromatic carbocycles. The van der Waals surface area contributed by atoms with Crippen LogP contribution in [0.5, 0.6) is 0 Å². The summed E-state index contributed by atoms with van der Waals surface area (Å²) in [5.74, 6) is 0.108. The van der Waals surface area contributed by atoms with E-state index in [1.165, 1.54) is 17.5 Å². The second-order valence-corrected chi connectivity index (χ2v) is 7.57. The molecular weight excluding hydrogens is 340 g/mol. The maximum atomic E-state index is 12.6. The first-order valence-electron chi connectivity index (χ1n) is 9.90. The average Bonchev–Trinajstić information content (AvgIpc) is 3.10. The van der Waals surface area contributed by atoms with Gasteiger partial charge in [0.05, 0.1) is 24.9 Å². The number of amides is 1. The van der Waals surface area contributed by atoms with Crippen molar-refractivity contribution in [1.29, 1.82) is 0 Å². The van der Waals surface area contributed by atoms with Gasteiger partial charge < -0.3 is 10.1 Å². The second-order valence-electron chi connectivity index (χ2n) is 7.57. The van der Waals surface area contributed by atoms with Crippen LogP contribution >= 0.6 is 0 Å². The summed E-state index contributed by atoms with van der Waals surface area (Å²) in [6.07, 6.45) is 6.06. The van der Waals surface area contributed by atoms with E-state index >= 15 is 0 Å². The smallest absolute Gasteiger partial charge is 0.237 e. The second kappa shape index (κ2) is 8.23. The third-order valence-electron chi connectivity index (χ3n) is 5.59. The number of nitrogens with one attached hydrogen (secondary N) is 1. The molecule has 0 bridgehead atoms. The van der Waals surface area contributed by atoms with Gasteiger partial charge in [-0.25, -0.2) is 0 Å². The van der Waals surface area contributed by atoms with Crippen LogP contribution < -0.4 is 5.32 Å². The van der Waals surface area contributed by atoms with Crippen LogP contribution in [0, 0.1) is 0 Å². The molecule has 0 radical (unpaired) electrons. The fraction of sp³-hybridized carbons (Fsp3) is 0.524. The molecule has 1 saturated heterocycles. The molecule has 0 unspecified atom stereocenters. The molecule has 0 aliphatic carbocycles. The molecule has 1 amide bonds. The van der Waals surface area contributed by atoms with Gasteiger partial charge in [0.25, 0.3) is 0 Å². The highest BCUT2D eigenvalue weighted by molar-refractivity contribution is 5.81. The number of likely N-dealkylation sites (tertiary alicyclic amines) is 1. The van der Waals surface area contributed by atoms with Crippen LogP contribution in [0.4, 0.5) is 0 Å². The summed E-state index contributed by atoms with van der Waals surface area (Å²) in [6.45, 7) is 2.90. The van der Waals surface area contributed by atoms with Gasteiger partial charge in [0.2, 0.25) is 5.91 Å². The van der Waals surface area contributed by atoms with Crippen molar-refractivity contribution in [2.45, 2.75) is 44.4 Å². The Hall–Kier alpha value is -2.18. The van der Waals surface area contributed by atoms with E-state index in [0.29, 0.717) is 13.2 Å². The molecule has 1 N–H and O–H groups in total. The van der Waals surface area contributed by atoms with E-state index in [1.54, 1.807) is 0 Å². The number of piperidine rings is 1. The topological polar surface area (TPSA) is 59.4 Å². The number of ether oxygens (including phenoxy) is 1. The molecule has 2 aromatic rings. The predicted molar refractivity (Wildman–Crippen MR) is 103 cm³/mol. The van der Waals surface area contributed by atoms with Crippen molar-refractivity contribution in [2.24, 2.45) is 0 Å². The average molecular weight is 368 g/mol. The Morgan fingerprint density at radius 1 is 1.30 bits per heavy atom. The minimum atomic E-state index is -0.163. The number of likely N-dealkylation sites (N-methyl/N-ethyl adjacent to an activating group) is 1. The molecule has 3 heterocycles. The van der Waals surface area contributed by atoms with Crippen LogP contribution in [0.3, 0.4) is 0 Å². The van der Waals surface area contributed by atoms with E-state index in [4.69, 9.17) is 9.84 Å². The van der Waals surface area contributed by atoms with Crippen molar-refractivity contribution in [3.63, 3.8) is 0 Å². The third kappa shape index (κ3) is 4.22. The summed E-state index contributed by atoms with van der Waals surface area (Å²) >= 11 is 0. The monoisotopic (exact) mass is 368 g/mol. The molecule has 144 valence electrons. The van der Waals surface area contributed by atoms with Crippen molar-refractivity contribution >= 4 is 5.91 Å². The highest BCUT2D eigenvalue weighted by Crippen LogP contribution is 2.26. The van der Waals surface area contributed by atoms with E-state index in [-0.39, 0.29) is 18.1 Å². The lowest BCUT2D eigenvalue weighted by atomic mass is 10.0. The van der Waals surface area contributed by atoms with Crippen molar-refractivity contribution in [3.8, 4) is 0 Å². The minimum Gasteiger partial charge on any atom is -0.370 e. The normalized spacial score (nSPS) is 23.0. The highest BCUT2D eigenvalue weighted by Gasteiger charge is 2.29. The largest absolute Gasteiger partial charge is 0.370 e. The number of carbonyl (C=O) groups is 1. The number of fused-ring (bicyclic) bond motifs is 1. The van der Waals surface area contributed by atoms with Crippen LogP contribution in [0.2, 0.25) is 0 Å². The van der Waals surface area contributed by atoms with Gasteiger partial charge in [0.1, 0.15) is 6.10 Å². The van der Waals surface area contributed by atoms with Crippen LogP contribution in [0.1, 0.15) is 42.2 Å². The Morgan fingerprint density at radius 2 is 2.15 bits per heavy atom. The van der Waals surface area contributed by atoms with Gasteiger partial charge in [-0.05, 0) is 44.0 Å². The maximum absolute atomic E-state index is 12.6. The van der Waals surface area contributed by atoms with E-state index in [1.807, 2.05) is 29.9 Å². The first-order valence-corrected chi connectivity index (χ1v) is 9.90. The van der Waals surface area contributed by atoms with Gasteiger partial charge in [-0.15, -0.1) is 0 Å². The molecule has 2 aliphatic heterocycles. The number of hydrogen-bond donors (Lipinski definition) is 1. The van der Waals surface area contributed by atoms with Gasteiger partial charge in [-0.2, -0.15) is 5.10 Å². The molecule has 6 nitrogen and oxygen atoms in total. The summed E-state index contributed by atoms with van der Waals surface area (Å²) < 4.78 is 7.91. The van der Waals surface area contributed by atoms with Gasteiger partial charge in [0, 0.05) is 12.7 Å². The zero-order valence-electron chi connectivity index (χ0n) is 15.9. The molecular formula is C21H28N4O2. The molecule has 0 spiro atoms. The van der Waals surface area contributed by atoms with Crippen LogP contribution in [-0.2, 0) is 22.5 Å². The molecule has 27 heavy (non-hydrogen) atoms. The van der Waals surface area contributed by atoms with E-state index in [2.05, 4.69) is 28.5 Å². The Labute approximate surface area is 160 Å². The highest BCUT2D eigenvalue weighted by atomic mass is 16.5. The van der Waals surface area contributed by atoms with E-state index in [0.717, 1.165) is 38.0 Å². The third-order valence-corrected chi connectivity index (χ3v) is 5.59. The van der Waals surface area contributed by atoms with E-state index in [9.17, 15) is 4.79 Å². The number of carbonyl (C=O) groups excluding carboxylic acids is 1. The first kappa shape index (κ1) is 18.2. The molecule has 4 rings (SSSR count). The predicted octanol–water partition coefficient (Wildman–Crippen LogP) is 2.15. The van der Waals surface area contributed by atoms with Crippen molar-refractivity contribution in [1.82, 2.24) is 20.0 Å². The first-order chi connectivity index (χ1) is 13.2. The lowest BCUT2D eigenvalue weighted by Crippen LogP contribution is -2.48. The molecule has 0 saturated carbocycles. The number of nitrogens with zero attached hydrogens (tertiary/aromatic N) is 3. The lowest BCUT2D eigenvalue weighted by Gasteiger charge is -2.32. The quantitative estimate of drug-likeness (QED) is 0.879. The summed E-state index contributed by atoms with van der Waals surface area (Å²) in [5, 5.41) is 7.86. The number of aromatic nitrogens is 2. The van der Waals surface area contributed by atoms with Crippen LogP contribution in [0.15, 0.2) is 36.5 Å². The molecule has 1 fully saturated rings. The zero-order chi connectivity index (χ0) is 18.6. The Kier molecular flexibility index (Phi) is 5.55. The van der Waals surface area contributed by atoms with Gasteiger partial charge in [0.15, 0.2) is 0 Å². The van der Waals surface area contributed by atoms with E-state index < -0.39 is 0 Å². The Bertz CT molecular complexity index is 774. The zero-order valence-corrected chi connectivity index (χ0v) is 15.9. The summed E-state index contributed by atoms with van der Waals surface area (Å²) in [5.41, 5.74) is 3.42. The number of rotatable bonds is 5. The van der Waals surface area contributed by atoms with Gasteiger partial charge in [-0.3, -0.25) is 14.4 Å². The fourth-order valence-corrected chi connectivity index (χ4v) is 4.06. The van der Waals surface area contributed by atoms with Crippen LogP contribution in [0.25, 0.3) is 0 Å². The van der Waals surface area contributed by atoms with Gasteiger partial charge in [-0.1, -0.05) is 36.8 Å². The Balaban J connectivity index is 1.40.